The summed E-state index contributed by atoms with van der Waals surface area (Å²) in [4.78, 5) is 2.21. The van der Waals surface area contributed by atoms with Gasteiger partial charge in [0.15, 0.2) is 0 Å². The molecule has 0 amide bonds. The molecule has 0 aromatic heterocycles. The zero-order valence-electron chi connectivity index (χ0n) is 13.2. The molecule has 0 aliphatic heterocycles. The molecule has 0 fully saturated rings. The lowest BCUT2D eigenvalue weighted by molar-refractivity contribution is 0.183. The number of aryl methyl sites for hydroxylation is 2. The number of rotatable bonds is 6. The maximum absolute atomic E-state index is 10.5. The molecule has 0 aliphatic rings. The molecule has 21 heavy (non-hydrogen) atoms. The molecule has 1 N–H and O–H groups in total. The van der Waals surface area contributed by atoms with Gasteiger partial charge < -0.3 is 10.0 Å². The lowest BCUT2D eigenvalue weighted by Crippen LogP contribution is -2.28. The Morgan fingerprint density at radius 2 is 1.57 bits per heavy atom. The van der Waals surface area contributed by atoms with Crippen molar-refractivity contribution in [1.82, 2.24) is 0 Å². The van der Waals surface area contributed by atoms with E-state index < -0.39 is 6.10 Å². The molecule has 0 saturated heterocycles. The monoisotopic (exact) mass is 283 g/mol. The Hall–Kier alpha value is -1.80. The maximum Gasteiger partial charge on any atom is 0.0964 e. The van der Waals surface area contributed by atoms with Crippen LogP contribution in [0.4, 0.5) is 5.69 Å². The highest BCUT2D eigenvalue weighted by Gasteiger charge is 2.13. The smallest absolute Gasteiger partial charge is 0.0964 e. The molecule has 2 aromatic rings. The minimum absolute atomic E-state index is 0.461. The van der Waals surface area contributed by atoms with Crippen LogP contribution in [0.15, 0.2) is 48.5 Å². The van der Waals surface area contributed by atoms with E-state index in [2.05, 4.69) is 62.1 Å². The van der Waals surface area contributed by atoms with E-state index in [0.717, 1.165) is 24.2 Å². The van der Waals surface area contributed by atoms with E-state index in [1.54, 1.807) is 0 Å². The summed E-state index contributed by atoms with van der Waals surface area (Å²) in [5.41, 5.74) is 4.70. The molecule has 0 bridgehead atoms. The van der Waals surface area contributed by atoms with Crippen LogP contribution in [0.3, 0.4) is 0 Å². The lowest BCUT2D eigenvalue weighted by atomic mass is 10.0. The van der Waals surface area contributed by atoms with Gasteiger partial charge in [-0.05, 0) is 43.5 Å². The average Bonchev–Trinajstić information content (AvgIpc) is 2.53. The zero-order valence-corrected chi connectivity index (χ0v) is 13.2. The predicted octanol–water partition coefficient (Wildman–Crippen LogP) is 4.12. The van der Waals surface area contributed by atoms with Crippen LogP contribution >= 0.6 is 0 Å². The van der Waals surface area contributed by atoms with Crippen molar-refractivity contribution in [3.63, 3.8) is 0 Å². The molecule has 0 aliphatic carbocycles. The van der Waals surface area contributed by atoms with Gasteiger partial charge in [0.1, 0.15) is 0 Å². The highest BCUT2D eigenvalue weighted by Crippen LogP contribution is 2.20. The molecule has 0 spiro atoms. The van der Waals surface area contributed by atoms with Crippen molar-refractivity contribution in [1.29, 1.82) is 0 Å². The van der Waals surface area contributed by atoms with Gasteiger partial charge in [-0.25, -0.2) is 0 Å². The Balaban J connectivity index is 2.08. The van der Waals surface area contributed by atoms with E-state index in [-0.39, 0.29) is 0 Å². The minimum Gasteiger partial charge on any atom is -0.387 e. The maximum atomic E-state index is 10.5. The van der Waals surface area contributed by atoms with Crippen LogP contribution in [0, 0.1) is 6.92 Å². The van der Waals surface area contributed by atoms with Gasteiger partial charge in [-0.15, -0.1) is 0 Å². The Kier molecular flexibility index (Phi) is 5.40. The molecule has 0 saturated carbocycles. The van der Waals surface area contributed by atoms with Crippen LogP contribution in [0.5, 0.6) is 0 Å². The van der Waals surface area contributed by atoms with E-state index in [4.69, 9.17) is 0 Å². The van der Waals surface area contributed by atoms with E-state index in [0.29, 0.717) is 6.54 Å². The number of nitrogens with zero attached hydrogens (tertiary/aromatic N) is 1. The highest BCUT2D eigenvalue weighted by atomic mass is 16.3. The summed E-state index contributed by atoms with van der Waals surface area (Å²) in [7, 11) is 0. The first-order valence-corrected chi connectivity index (χ1v) is 7.72. The van der Waals surface area contributed by atoms with Crippen molar-refractivity contribution in [3.8, 4) is 0 Å². The summed E-state index contributed by atoms with van der Waals surface area (Å²) in [5.74, 6) is 0. The largest absolute Gasteiger partial charge is 0.387 e. The Labute approximate surface area is 128 Å². The molecule has 2 aromatic carbocycles. The number of anilines is 1. The van der Waals surface area contributed by atoms with E-state index >= 15 is 0 Å². The molecular formula is C19H25NO. The SMILES string of the molecule is CCc1ccc(C(O)CN(CC)c2ccc(C)cc2)cc1. The van der Waals surface area contributed by atoms with Crippen molar-refractivity contribution in [3.05, 3.63) is 65.2 Å². The van der Waals surface area contributed by atoms with Crippen LogP contribution in [0.1, 0.15) is 36.6 Å². The summed E-state index contributed by atoms with van der Waals surface area (Å²) < 4.78 is 0. The van der Waals surface area contributed by atoms with Gasteiger partial charge >= 0.3 is 0 Å². The quantitative estimate of drug-likeness (QED) is 0.862. The van der Waals surface area contributed by atoms with Gasteiger partial charge in [0, 0.05) is 18.8 Å². The van der Waals surface area contributed by atoms with Gasteiger partial charge in [0.2, 0.25) is 0 Å². The third kappa shape index (κ3) is 4.08. The van der Waals surface area contributed by atoms with E-state index in [1.165, 1.54) is 11.1 Å². The fourth-order valence-corrected chi connectivity index (χ4v) is 2.46. The fourth-order valence-electron chi connectivity index (χ4n) is 2.46. The van der Waals surface area contributed by atoms with Crippen LogP contribution in [-0.4, -0.2) is 18.2 Å². The Morgan fingerprint density at radius 1 is 0.952 bits per heavy atom. The number of hydrogen-bond acceptors (Lipinski definition) is 2. The molecule has 112 valence electrons. The Morgan fingerprint density at radius 3 is 2.10 bits per heavy atom. The summed E-state index contributed by atoms with van der Waals surface area (Å²) >= 11 is 0. The number of aliphatic hydroxyl groups is 1. The standard InChI is InChI=1S/C19H25NO/c1-4-16-8-10-17(11-9-16)19(21)14-20(5-2)18-12-6-15(3)7-13-18/h6-13,19,21H,4-5,14H2,1-3H3. The van der Waals surface area contributed by atoms with Gasteiger partial charge in [0.25, 0.3) is 0 Å². The minimum atomic E-state index is -0.461. The van der Waals surface area contributed by atoms with Gasteiger partial charge in [-0.2, -0.15) is 0 Å². The average molecular weight is 283 g/mol. The van der Waals surface area contributed by atoms with E-state index in [1.807, 2.05) is 12.1 Å². The molecular weight excluding hydrogens is 258 g/mol. The molecule has 1 atom stereocenters. The second kappa shape index (κ2) is 7.28. The summed E-state index contributed by atoms with van der Waals surface area (Å²) in [6, 6.07) is 16.7. The van der Waals surface area contributed by atoms with Crippen molar-refractivity contribution in [2.24, 2.45) is 0 Å². The molecule has 2 heteroatoms. The van der Waals surface area contributed by atoms with Gasteiger partial charge in [-0.1, -0.05) is 48.9 Å². The summed E-state index contributed by atoms with van der Waals surface area (Å²) in [6.07, 6.45) is 0.568. The third-order valence-electron chi connectivity index (χ3n) is 3.95. The number of aliphatic hydroxyl groups excluding tert-OH is 1. The normalized spacial score (nSPS) is 12.2. The number of benzene rings is 2. The first kappa shape index (κ1) is 15.6. The summed E-state index contributed by atoms with van der Waals surface area (Å²) in [6.45, 7) is 7.84. The zero-order chi connectivity index (χ0) is 15.2. The van der Waals surface area contributed by atoms with Crippen LogP contribution in [0.2, 0.25) is 0 Å². The first-order chi connectivity index (χ1) is 10.1. The molecule has 1 unspecified atom stereocenters. The highest BCUT2D eigenvalue weighted by molar-refractivity contribution is 5.47. The lowest BCUT2D eigenvalue weighted by Gasteiger charge is -2.26. The third-order valence-corrected chi connectivity index (χ3v) is 3.95. The molecule has 2 rings (SSSR count). The molecule has 2 nitrogen and oxygen atoms in total. The molecule has 0 radical (unpaired) electrons. The number of likely N-dealkylation sites (N-methyl/N-ethyl adjacent to an activating group) is 1. The van der Waals surface area contributed by atoms with Crippen molar-refractivity contribution in [2.45, 2.75) is 33.3 Å². The fraction of sp³-hybridized carbons (Fsp3) is 0.368. The van der Waals surface area contributed by atoms with E-state index in [9.17, 15) is 5.11 Å². The number of hydrogen-bond donors (Lipinski definition) is 1. The first-order valence-electron chi connectivity index (χ1n) is 7.72. The van der Waals surface area contributed by atoms with Crippen LogP contribution < -0.4 is 4.90 Å². The van der Waals surface area contributed by atoms with Crippen molar-refractivity contribution >= 4 is 5.69 Å². The molecule has 0 heterocycles. The Bertz CT molecular complexity index is 545. The van der Waals surface area contributed by atoms with Crippen molar-refractivity contribution in [2.75, 3.05) is 18.0 Å². The van der Waals surface area contributed by atoms with Crippen LogP contribution in [0.25, 0.3) is 0 Å². The second-order valence-corrected chi connectivity index (χ2v) is 5.49. The second-order valence-electron chi connectivity index (χ2n) is 5.49. The predicted molar refractivity (Wildman–Crippen MR) is 89.8 cm³/mol. The van der Waals surface area contributed by atoms with Crippen molar-refractivity contribution < 1.29 is 5.11 Å². The van der Waals surface area contributed by atoms with Gasteiger partial charge in [-0.3, -0.25) is 0 Å². The van der Waals surface area contributed by atoms with Gasteiger partial charge in [0.05, 0.1) is 6.10 Å². The topological polar surface area (TPSA) is 23.5 Å². The van der Waals surface area contributed by atoms with Crippen LogP contribution in [-0.2, 0) is 6.42 Å². The summed E-state index contributed by atoms with van der Waals surface area (Å²) in [5, 5.41) is 10.5.